The lowest BCUT2D eigenvalue weighted by molar-refractivity contribution is 0.00499. The fourth-order valence-electron chi connectivity index (χ4n) is 5.32. The summed E-state index contributed by atoms with van der Waals surface area (Å²) in [6.45, 7) is 4.18. The van der Waals surface area contributed by atoms with Gasteiger partial charge in [0.25, 0.3) is 0 Å². The fourth-order valence-corrected chi connectivity index (χ4v) is 5.49. The molecule has 2 aromatic carbocycles. The molecule has 1 aromatic heterocycles. The summed E-state index contributed by atoms with van der Waals surface area (Å²) in [5.41, 5.74) is 2.80. The van der Waals surface area contributed by atoms with E-state index >= 15 is 4.39 Å². The van der Waals surface area contributed by atoms with E-state index in [4.69, 9.17) is 16.3 Å². The van der Waals surface area contributed by atoms with E-state index < -0.39 is 47.5 Å². The number of halogens is 4. The zero-order valence-corrected chi connectivity index (χ0v) is 23.4. The Morgan fingerprint density at radius 2 is 2.00 bits per heavy atom. The SMILES string of the molecule is C=C1CCCC[C@H](N2CC[C@H](c3c(F)ccc(Cl)c3F)OC2=O)c2cc(cnc2F)-c2ccc(NC(=O)OC)cc2N1. The molecule has 1 saturated heterocycles. The highest BCUT2D eigenvalue weighted by atomic mass is 35.5. The van der Waals surface area contributed by atoms with Crippen LogP contribution >= 0.6 is 11.6 Å². The van der Waals surface area contributed by atoms with Crippen LogP contribution in [0, 0.1) is 17.6 Å². The van der Waals surface area contributed by atoms with Gasteiger partial charge in [-0.3, -0.25) is 5.32 Å². The number of ether oxygens (including phenoxy) is 2. The van der Waals surface area contributed by atoms with Crippen LogP contribution in [0.4, 0.5) is 34.1 Å². The van der Waals surface area contributed by atoms with Crippen molar-refractivity contribution in [1.82, 2.24) is 9.88 Å². The summed E-state index contributed by atoms with van der Waals surface area (Å²) in [6, 6.07) is 8.12. The third-order valence-corrected chi connectivity index (χ3v) is 7.68. The molecule has 2 amide bonds. The summed E-state index contributed by atoms with van der Waals surface area (Å²) in [4.78, 5) is 30.4. The molecule has 1 fully saturated rings. The van der Waals surface area contributed by atoms with Gasteiger partial charge >= 0.3 is 12.2 Å². The van der Waals surface area contributed by atoms with Crippen LogP contribution in [0.2, 0.25) is 5.02 Å². The second-order valence-electron chi connectivity index (χ2n) is 10.1. The zero-order chi connectivity index (χ0) is 30.0. The first-order valence-electron chi connectivity index (χ1n) is 13.4. The van der Waals surface area contributed by atoms with E-state index in [1.165, 1.54) is 18.2 Å². The molecule has 2 N–H and O–H groups in total. The molecule has 3 aromatic rings. The smallest absolute Gasteiger partial charge is 0.411 e. The Bertz CT molecular complexity index is 1550. The molecule has 2 atom stereocenters. The van der Waals surface area contributed by atoms with Gasteiger partial charge in [0.2, 0.25) is 5.95 Å². The van der Waals surface area contributed by atoms with Crippen molar-refractivity contribution in [3.63, 3.8) is 0 Å². The van der Waals surface area contributed by atoms with Crippen molar-refractivity contribution < 1.29 is 32.2 Å². The lowest BCUT2D eigenvalue weighted by Gasteiger charge is -2.38. The molecule has 12 heteroatoms. The van der Waals surface area contributed by atoms with E-state index in [1.54, 1.807) is 24.3 Å². The average molecular weight is 601 g/mol. The number of hydrogen-bond acceptors (Lipinski definition) is 6. The third kappa shape index (κ3) is 6.01. The van der Waals surface area contributed by atoms with Gasteiger partial charge in [-0.25, -0.2) is 23.4 Å². The Morgan fingerprint density at radius 1 is 1.19 bits per heavy atom. The number of benzene rings is 2. The molecule has 0 aliphatic carbocycles. The van der Waals surface area contributed by atoms with Gasteiger partial charge in [-0.15, -0.1) is 0 Å². The maximum atomic E-state index is 15.3. The maximum absolute atomic E-state index is 15.3. The average Bonchev–Trinajstić information content (AvgIpc) is 2.96. The van der Waals surface area contributed by atoms with E-state index in [0.717, 1.165) is 17.8 Å². The molecule has 2 bridgehead atoms. The molecule has 0 radical (unpaired) electrons. The highest BCUT2D eigenvalue weighted by Crippen LogP contribution is 2.40. The number of carbonyl (C=O) groups excluding carboxylic acids is 2. The van der Waals surface area contributed by atoms with Crippen molar-refractivity contribution in [3.8, 4) is 11.1 Å². The fraction of sp³-hybridized carbons (Fsp3) is 0.300. The quantitative estimate of drug-likeness (QED) is 0.233. The minimum absolute atomic E-state index is 0.0661. The van der Waals surface area contributed by atoms with Crippen molar-refractivity contribution in [2.24, 2.45) is 0 Å². The molecule has 42 heavy (non-hydrogen) atoms. The van der Waals surface area contributed by atoms with Crippen LogP contribution in [0.15, 0.2) is 54.9 Å². The predicted molar refractivity (Wildman–Crippen MR) is 152 cm³/mol. The first-order chi connectivity index (χ1) is 20.2. The molecule has 0 unspecified atom stereocenters. The van der Waals surface area contributed by atoms with E-state index in [-0.39, 0.29) is 23.6 Å². The highest BCUT2D eigenvalue weighted by molar-refractivity contribution is 6.30. The number of amides is 2. The number of cyclic esters (lactones) is 1. The van der Waals surface area contributed by atoms with E-state index in [2.05, 4.69) is 26.9 Å². The van der Waals surface area contributed by atoms with Crippen LogP contribution in [0.25, 0.3) is 11.1 Å². The summed E-state index contributed by atoms with van der Waals surface area (Å²) in [7, 11) is 1.26. The minimum Gasteiger partial charge on any atom is -0.453 e. The lowest BCUT2D eigenvalue weighted by atomic mass is 9.94. The number of rotatable bonds is 3. The third-order valence-electron chi connectivity index (χ3n) is 7.39. The van der Waals surface area contributed by atoms with Crippen molar-refractivity contribution in [1.29, 1.82) is 0 Å². The molecule has 2 aliphatic rings. The van der Waals surface area contributed by atoms with Gasteiger partial charge in [-0.1, -0.05) is 30.7 Å². The monoisotopic (exact) mass is 600 g/mol. The summed E-state index contributed by atoms with van der Waals surface area (Å²) in [5.74, 6) is -2.59. The highest BCUT2D eigenvalue weighted by Gasteiger charge is 2.37. The summed E-state index contributed by atoms with van der Waals surface area (Å²) in [6.07, 6.45) is 1.09. The number of nitrogens with zero attached hydrogens (tertiary/aromatic N) is 2. The number of nitrogens with one attached hydrogen (secondary N) is 2. The van der Waals surface area contributed by atoms with Crippen LogP contribution in [-0.2, 0) is 9.47 Å². The molecule has 0 spiro atoms. The van der Waals surface area contributed by atoms with Crippen molar-refractivity contribution in [2.45, 2.75) is 44.2 Å². The molecule has 5 rings (SSSR count). The Morgan fingerprint density at radius 3 is 2.76 bits per heavy atom. The van der Waals surface area contributed by atoms with E-state index in [9.17, 15) is 18.4 Å². The van der Waals surface area contributed by atoms with E-state index in [1.807, 2.05) is 0 Å². The Balaban J connectivity index is 1.49. The minimum atomic E-state index is -1.18. The number of allylic oxidation sites excluding steroid dienone is 1. The topological polar surface area (TPSA) is 92.8 Å². The van der Waals surface area contributed by atoms with Gasteiger partial charge in [-0.05, 0) is 49.6 Å². The van der Waals surface area contributed by atoms with Crippen LogP contribution < -0.4 is 10.6 Å². The lowest BCUT2D eigenvalue weighted by Crippen LogP contribution is -2.42. The maximum Gasteiger partial charge on any atom is 0.411 e. The predicted octanol–water partition coefficient (Wildman–Crippen LogP) is 8.12. The number of fused-ring (bicyclic) bond motifs is 4. The number of hydrogen-bond donors (Lipinski definition) is 2. The molecule has 220 valence electrons. The second-order valence-corrected chi connectivity index (χ2v) is 10.5. The number of methoxy groups -OCH3 is 1. The van der Waals surface area contributed by atoms with Crippen molar-refractivity contribution in [3.05, 3.63) is 88.6 Å². The van der Waals surface area contributed by atoms with Gasteiger partial charge in [0.05, 0.1) is 23.7 Å². The standard InChI is InChI=1S/C30H28ClF3N4O4/c1-16-5-3-4-6-24(38-12-11-25(42-30(38)40)26-22(32)10-9-21(31)27(26)33)20-13-17(15-35-28(20)34)19-8-7-18(14-23(19)36-16)37-29(39)41-2/h7-10,13-15,24-25,36H,1,3-6,11-12H2,2H3,(H,37,39)/t24-,25+/m0/s1. The van der Waals surface area contributed by atoms with Gasteiger partial charge in [0.1, 0.15) is 11.9 Å². The summed E-state index contributed by atoms with van der Waals surface area (Å²) >= 11 is 5.84. The normalized spacial score (nSPS) is 19.0. The molecular formula is C30H28ClF3N4O4. The van der Waals surface area contributed by atoms with Crippen molar-refractivity contribution in [2.75, 3.05) is 24.3 Å². The first-order valence-corrected chi connectivity index (χ1v) is 13.7. The number of aromatic nitrogens is 1. The molecule has 8 nitrogen and oxygen atoms in total. The Hall–Kier alpha value is -4.25. The second kappa shape index (κ2) is 12.3. The Kier molecular flexibility index (Phi) is 8.58. The van der Waals surface area contributed by atoms with Crippen molar-refractivity contribution >= 4 is 35.2 Å². The van der Waals surface area contributed by atoms with Crippen LogP contribution in [0.3, 0.4) is 0 Å². The number of carbonyl (C=O) groups is 2. The summed E-state index contributed by atoms with van der Waals surface area (Å²) < 4.78 is 54.7. The zero-order valence-electron chi connectivity index (χ0n) is 22.7. The molecule has 3 heterocycles. The molecule has 0 saturated carbocycles. The largest absolute Gasteiger partial charge is 0.453 e. The molecule has 2 aliphatic heterocycles. The van der Waals surface area contributed by atoms with Crippen LogP contribution in [0.1, 0.15) is 55.4 Å². The summed E-state index contributed by atoms with van der Waals surface area (Å²) in [5, 5.41) is 5.63. The van der Waals surface area contributed by atoms with Crippen LogP contribution in [0.5, 0.6) is 0 Å². The number of pyridine rings is 1. The Labute approximate surface area is 245 Å². The van der Waals surface area contributed by atoms with Gasteiger partial charge in [-0.2, -0.15) is 4.39 Å². The van der Waals surface area contributed by atoms with E-state index in [0.29, 0.717) is 48.2 Å². The van der Waals surface area contributed by atoms with Gasteiger partial charge < -0.3 is 19.7 Å². The number of anilines is 2. The van der Waals surface area contributed by atoms with Crippen LogP contribution in [-0.4, -0.2) is 35.7 Å². The van der Waals surface area contributed by atoms with Gasteiger partial charge in [0.15, 0.2) is 5.82 Å². The van der Waals surface area contributed by atoms with Gasteiger partial charge in [0, 0.05) is 52.9 Å². The first kappa shape index (κ1) is 29.2. The molecular weight excluding hydrogens is 573 g/mol.